The van der Waals surface area contributed by atoms with Crippen LogP contribution in [0, 0.1) is 11.7 Å². The van der Waals surface area contributed by atoms with Gasteiger partial charge in [-0.3, -0.25) is 0 Å². The minimum Gasteiger partial charge on any atom is -0.346 e. The lowest BCUT2D eigenvalue weighted by molar-refractivity contribution is -0.664. The number of nitrogens with two attached hydrogens (primary N) is 1. The summed E-state index contributed by atoms with van der Waals surface area (Å²) in [5, 5.41) is 5.62. The van der Waals surface area contributed by atoms with E-state index in [1.54, 1.807) is 12.1 Å². The van der Waals surface area contributed by atoms with Gasteiger partial charge >= 0.3 is 6.03 Å². The summed E-state index contributed by atoms with van der Waals surface area (Å²) in [7, 11) is 0. The van der Waals surface area contributed by atoms with E-state index >= 15 is 0 Å². The van der Waals surface area contributed by atoms with Gasteiger partial charge in [-0.2, -0.15) is 0 Å². The average Bonchev–Trinajstić information content (AvgIpc) is 2.70. The van der Waals surface area contributed by atoms with Gasteiger partial charge in [-0.05, 0) is 36.5 Å². The number of rotatable bonds is 6. The molecule has 1 aromatic carbocycles. The molecule has 1 saturated heterocycles. The first-order chi connectivity index (χ1) is 13.2. The molecule has 3 N–H and O–H groups in total. The summed E-state index contributed by atoms with van der Waals surface area (Å²) in [6, 6.07) is 6.84. The molecule has 0 unspecified atom stereocenters. The highest BCUT2D eigenvalue weighted by molar-refractivity contribution is 5.75. The smallest absolute Gasteiger partial charge is 0.317 e. The predicted octanol–water partition coefficient (Wildman–Crippen LogP) is 3.16. The quantitative estimate of drug-likeness (QED) is 0.790. The predicted molar refractivity (Wildman–Crippen MR) is 107 cm³/mol. The van der Waals surface area contributed by atoms with Crippen molar-refractivity contribution in [3.63, 3.8) is 0 Å². The number of benzene rings is 1. The molecular formula is C22H33FN3O+. The zero-order chi connectivity index (χ0) is 18.9. The van der Waals surface area contributed by atoms with Gasteiger partial charge in [0.05, 0.1) is 13.1 Å². The van der Waals surface area contributed by atoms with Crippen LogP contribution in [0.4, 0.5) is 9.18 Å². The van der Waals surface area contributed by atoms with Crippen molar-refractivity contribution in [1.82, 2.24) is 10.2 Å². The lowest BCUT2D eigenvalue weighted by Gasteiger charge is -2.31. The van der Waals surface area contributed by atoms with E-state index in [2.05, 4.69) is 10.6 Å². The van der Waals surface area contributed by atoms with E-state index in [4.69, 9.17) is 0 Å². The summed E-state index contributed by atoms with van der Waals surface area (Å²) >= 11 is 0. The van der Waals surface area contributed by atoms with Crippen LogP contribution in [0.1, 0.15) is 50.5 Å². The molecule has 2 fully saturated rings. The maximum Gasteiger partial charge on any atom is 0.317 e. The van der Waals surface area contributed by atoms with Gasteiger partial charge in [0, 0.05) is 32.0 Å². The minimum atomic E-state index is -0.227. The molecule has 0 atom stereocenters. The molecule has 5 heteroatoms. The number of halogens is 1. The molecule has 27 heavy (non-hydrogen) atoms. The van der Waals surface area contributed by atoms with E-state index in [-0.39, 0.29) is 11.8 Å². The van der Waals surface area contributed by atoms with Crippen molar-refractivity contribution >= 4 is 12.1 Å². The van der Waals surface area contributed by atoms with Gasteiger partial charge in [-0.25, -0.2) is 9.18 Å². The third-order valence-corrected chi connectivity index (χ3v) is 5.76. The molecule has 1 heterocycles. The third kappa shape index (κ3) is 6.65. The number of nitrogens with zero attached hydrogens (tertiary/aromatic N) is 1. The van der Waals surface area contributed by atoms with Crippen molar-refractivity contribution in [3.8, 4) is 0 Å². The van der Waals surface area contributed by atoms with Crippen LogP contribution >= 0.6 is 0 Å². The van der Waals surface area contributed by atoms with Gasteiger partial charge in [0.25, 0.3) is 0 Å². The number of amides is 2. The first kappa shape index (κ1) is 19.9. The largest absolute Gasteiger partial charge is 0.346 e. The lowest BCUT2D eigenvalue weighted by atomic mass is 9.95. The molecule has 1 aliphatic heterocycles. The van der Waals surface area contributed by atoms with Crippen molar-refractivity contribution in [2.24, 2.45) is 5.92 Å². The number of nitrogens with one attached hydrogen (secondary N) is 1. The van der Waals surface area contributed by atoms with Crippen LogP contribution in [0.15, 0.2) is 30.3 Å². The molecule has 4 nitrogen and oxygen atoms in total. The maximum atomic E-state index is 13.0. The zero-order valence-electron chi connectivity index (χ0n) is 16.2. The molecule has 0 radical (unpaired) electrons. The fourth-order valence-corrected chi connectivity index (χ4v) is 4.13. The number of urea groups is 1. The van der Waals surface area contributed by atoms with Crippen LogP contribution in [0.5, 0.6) is 0 Å². The Hall–Kier alpha value is -1.88. The molecule has 148 valence electrons. The van der Waals surface area contributed by atoms with Gasteiger partial charge < -0.3 is 15.5 Å². The Balaban J connectivity index is 1.58. The molecular weight excluding hydrogens is 341 g/mol. The van der Waals surface area contributed by atoms with E-state index in [0.717, 1.165) is 38.0 Å². The van der Waals surface area contributed by atoms with Crippen LogP contribution in [0.2, 0.25) is 0 Å². The molecule has 2 aliphatic rings. The highest BCUT2D eigenvalue weighted by Gasteiger charge is 2.23. The van der Waals surface area contributed by atoms with Crippen LogP contribution in [-0.4, -0.2) is 43.2 Å². The van der Waals surface area contributed by atoms with E-state index in [1.807, 2.05) is 17.1 Å². The fraction of sp³-hybridized carbons (Fsp3) is 0.591. The normalized spacial score (nSPS) is 19.3. The first-order valence-corrected chi connectivity index (χ1v) is 10.5. The number of carbonyl (C=O) groups is 1. The lowest BCUT2D eigenvalue weighted by Crippen LogP contribution is -2.86. The molecule has 0 spiro atoms. The number of hydrogen-bond donors (Lipinski definition) is 2. The van der Waals surface area contributed by atoms with Crippen molar-refractivity contribution < 1.29 is 14.5 Å². The zero-order valence-corrected chi connectivity index (χ0v) is 16.2. The Kier molecular flexibility index (Phi) is 7.69. The summed E-state index contributed by atoms with van der Waals surface area (Å²) in [4.78, 5) is 14.9. The topological polar surface area (TPSA) is 49.0 Å². The molecule has 1 aliphatic carbocycles. The van der Waals surface area contributed by atoms with E-state index < -0.39 is 0 Å². The second kappa shape index (κ2) is 10.5. The molecule has 1 aromatic rings. The number of quaternary nitrogens is 1. The number of piperidine rings is 1. The Bertz CT molecular complexity index is 604. The monoisotopic (exact) mass is 374 g/mol. The Morgan fingerprint density at radius 2 is 1.81 bits per heavy atom. The van der Waals surface area contributed by atoms with Crippen molar-refractivity contribution in [3.05, 3.63) is 41.7 Å². The number of hydrogen-bond acceptors (Lipinski definition) is 1. The van der Waals surface area contributed by atoms with Crippen LogP contribution in [-0.2, 0) is 0 Å². The maximum absolute atomic E-state index is 13.0. The van der Waals surface area contributed by atoms with Gasteiger partial charge in [0.15, 0.2) is 0 Å². The summed E-state index contributed by atoms with van der Waals surface area (Å²) in [5.74, 6) is 0.362. The Labute approximate surface area is 162 Å². The van der Waals surface area contributed by atoms with Crippen molar-refractivity contribution in [1.29, 1.82) is 0 Å². The second-order valence-corrected chi connectivity index (χ2v) is 7.95. The molecule has 3 rings (SSSR count). The molecule has 2 amide bonds. The SMILES string of the molecule is O=C(NC1CCCCC1)N(C/C=C/c1ccc(F)cc1)CC1CC[NH2+]CC1. The van der Waals surface area contributed by atoms with Gasteiger partial charge in [0.2, 0.25) is 0 Å². The Morgan fingerprint density at radius 3 is 2.52 bits per heavy atom. The molecule has 0 aromatic heterocycles. The summed E-state index contributed by atoms with van der Waals surface area (Å²) in [6.07, 6.45) is 12.3. The Morgan fingerprint density at radius 1 is 1.11 bits per heavy atom. The third-order valence-electron chi connectivity index (χ3n) is 5.76. The summed E-state index contributed by atoms with van der Waals surface area (Å²) in [5.41, 5.74) is 0.955. The minimum absolute atomic E-state index is 0.0696. The average molecular weight is 375 g/mol. The van der Waals surface area contributed by atoms with Gasteiger partial charge in [-0.1, -0.05) is 43.5 Å². The first-order valence-electron chi connectivity index (χ1n) is 10.5. The second-order valence-electron chi connectivity index (χ2n) is 7.95. The highest BCUT2D eigenvalue weighted by atomic mass is 19.1. The van der Waals surface area contributed by atoms with Gasteiger partial charge in [-0.15, -0.1) is 0 Å². The van der Waals surface area contributed by atoms with E-state index in [9.17, 15) is 9.18 Å². The van der Waals surface area contributed by atoms with Crippen LogP contribution < -0.4 is 10.6 Å². The molecule has 1 saturated carbocycles. The van der Waals surface area contributed by atoms with Crippen LogP contribution in [0.25, 0.3) is 6.08 Å². The molecule has 0 bridgehead atoms. The standard InChI is InChI=1S/C22H32FN3O/c23-20-10-8-18(9-11-20)5-4-16-26(17-19-12-14-24-15-13-19)22(27)25-21-6-2-1-3-7-21/h4-5,8-11,19,21,24H,1-3,6-7,12-17H2,(H,25,27)/p+1/b5-4+. The van der Waals surface area contributed by atoms with E-state index in [1.165, 1.54) is 44.2 Å². The van der Waals surface area contributed by atoms with Crippen LogP contribution in [0.3, 0.4) is 0 Å². The summed E-state index contributed by atoms with van der Waals surface area (Å²) in [6.45, 7) is 3.73. The highest BCUT2D eigenvalue weighted by Crippen LogP contribution is 2.18. The fourth-order valence-electron chi connectivity index (χ4n) is 4.13. The van der Waals surface area contributed by atoms with Crippen molar-refractivity contribution in [2.75, 3.05) is 26.2 Å². The summed E-state index contributed by atoms with van der Waals surface area (Å²) < 4.78 is 13.0. The number of carbonyl (C=O) groups excluding carboxylic acids is 1. The van der Waals surface area contributed by atoms with Gasteiger partial charge in [0.1, 0.15) is 5.82 Å². The van der Waals surface area contributed by atoms with E-state index in [0.29, 0.717) is 18.5 Å². The van der Waals surface area contributed by atoms with Crippen molar-refractivity contribution in [2.45, 2.75) is 51.0 Å².